The molecule has 2 amide bonds. The number of hydrogen-bond donors (Lipinski definition) is 1. The van der Waals surface area contributed by atoms with Gasteiger partial charge in [-0.2, -0.15) is 0 Å². The summed E-state index contributed by atoms with van der Waals surface area (Å²) in [4.78, 5) is 41.3. The number of nitro benzene ring substituents is 1. The van der Waals surface area contributed by atoms with Gasteiger partial charge < -0.3 is 13.7 Å². The molecule has 1 N–H and O–H groups in total. The Bertz CT molecular complexity index is 1820. The van der Waals surface area contributed by atoms with Crippen molar-refractivity contribution in [2.24, 2.45) is 14.1 Å². The molecule has 0 atom stereocenters. The Morgan fingerprint density at radius 1 is 0.889 bits per heavy atom. The summed E-state index contributed by atoms with van der Waals surface area (Å²) in [7, 11) is 3.64. The minimum absolute atomic E-state index is 0.0469. The van der Waals surface area contributed by atoms with Crippen LogP contribution in [0.25, 0.3) is 38.6 Å². The molecule has 3 aromatic heterocycles. The maximum absolute atomic E-state index is 13.1. The van der Waals surface area contributed by atoms with Gasteiger partial charge in [0.25, 0.3) is 17.5 Å². The first-order valence-corrected chi connectivity index (χ1v) is 11.2. The standard InChI is InChI=1S/C26H20N6O4/c1-14-27-8-9-31(14)15-4-6-17-19(12-29(2)21(17)10-15)23-24(26(34)28-25(23)33)20-13-30(3)22-11-16(32(35)36)5-7-18(20)22/h4-13H,1-3H3,(H,28,33,34). The summed E-state index contributed by atoms with van der Waals surface area (Å²) in [6, 6.07) is 10.4. The monoisotopic (exact) mass is 480 g/mol. The molecule has 0 radical (unpaired) electrons. The van der Waals surface area contributed by atoms with E-state index >= 15 is 0 Å². The topological polar surface area (TPSA) is 117 Å². The average Bonchev–Trinajstić information content (AvgIpc) is 3.58. The smallest absolute Gasteiger partial charge is 0.271 e. The van der Waals surface area contributed by atoms with E-state index in [4.69, 9.17) is 0 Å². The van der Waals surface area contributed by atoms with Crippen LogP contribution < -0.4 is 5.32 Å². The SMILES string of the molecule is Cc1nccn1-c1ccc2c(C3=C(c4cn(C)c5cc([N+](=O)[O-])ccc45)C(=O)NC3=O)cn(C)c2c1. The van der Waals surface area contributed by atoms with Crippen LogP contribution in [0.5, 0.6) is 0 Å². The van der Waals surface area contributed by atoms with Gasteiger partial charge in [0.05, 0.1) is 27.1 Å². The molecule has 0 saturated carbocycles. The molecule has 0 aliphatic carbocycles. The number of hydrogen-bond acceptors (Lipinski definition) is 5. The Kier molecular flexibility index (Phi) is 4.49. The number of nitro groups is 1. The predicted molar refractivity (Wildman–Crippen MR) is 134 cm³/mol. The normalized spacial score (nSPS) is 13.9. The number of nitrogens with zero attached hydrogens (tertiary/aromatic N) is 5. The molecular formula is C26H20N6O4. The van der Waals surface area contributed by atoms with Gasteiger partial charge in [0.15, 0.2) is 0 Å². The Balaban J connectivity index is 1.59. The number of aryl methyl sites for hydroxylation is 3. The minimum atomic E-state index is -0.497. The highest BCUT2D eigenvalue weighted by atomic mass is 16.6. The summed E-state index contributed by atoms with van der Waals surface area (Å²) in [5.41, 5.74) is 4.09. The van der Waals surface area contributed by atoms with E-state index < -0.39 is 16.7 Å². The molecule has 1 aliphatic rings. The van der Waals surface area contributed by atoms with Crippen LogP contribution in [0.4, 0.5) is 5.69 Å². The quantitative estimate of drug-likeness (QED) is 0.239. The van der Waals surface area contributed by atoms with Gasteiger partial charge in [-0.3, -0.25) is 25.0 Å². The Hall–Kier alpha value is -4.99. The maximum atomic E-state index is 13.1. The zero-order valence-electron chi connectivity index (χ0n) is 19.6. The molecule has 4 heterocycles. The molecule has 5 aromatic rings. The summed E-state index contributed by atoms with van der Waals surface area (Å²) in [5.74, 6) is -0.120. The van der Waals surface area contributed by atoms with Crippen molar-refractivity contribution in [1.82, 2.24) is 24.0 Å². The van der Waals surface area contributed by atoms with E-state index in [2.05, 4.69) is 10.3 Å². The highest BCUT2D eigenvalue weighted by Gasteiger charge is 2.35. The number of nitrogens with one attached hydrogen (secondary N) is 1. The number of carbonyl (C=O) groups excluding carboxylic acids is 2. The van der Waals surface area contributed by atoms with Gasteiger partial charge in [0.1, 0.15) is 5.82 Å². The molecule has 0 unspecified atom stereocenters. The minimum Gasteiger partial charge on any atom is -0.350 e. The molecule has 10 nitrogen and oxygen atoms in total. The lowest BCUT2D eigenvalue weighted by atomic mass is 9.95. The lowest BCUT2D eigenvalue weighted by molar-refractivity contribution is -0.384. The fourth-order valence-corrected chi connectivity index (χ4v) is 5.03. The third-order valence-electron chi connectivity index (χ3n) is 6.73. The van der Waals surface area contributed by atoms with Crippen molar-refractivity contribution in [1.29, 1.82) is 0 Å². The number of fused-ring (bicyclic) bond motifs is 2. The van der Waals surface area contributed by atoms with Crippen molar-refractivity contribution < 1.29 is 14.5 Å². The van der Waals surface area contributed by atoms with Crippen LogP contribution in [0, 0.1) is 17.0 Å². The van der Waals surface area contributed by atoms with Gasteiger partial charge in [-0.25, -0.2) is 4.98 Å². The van der Waals surface area contributed by atoms with Crippen LogP contribution in [0.1, 0.15) is 17.0 Å². The fraction of sp³-hybridized carbons (Fsp3) is 0.115. The van der Waals surface area contributed by atoms with Crippen molar-refractivity contribution in [2.45, 2.75) is 6.92 Å². The van der Waals surface area contributed by atoms with E-state index in [1.807, 2.05) is 53.7 Å². The van der Waals surface area contributed by atoms with Crippen LogP contribution >= 0.6 is 0 Å². The lowest BCUT2D eigenvalue weighted by Crippen LogP contribution is -2.22. The van der Waals surface area contributed by atoms with E-state index in [1.165, 1.54) is 12.1 Å². The Morgan fingerprint density at radius 3 is 2.03 bits per heavy atom. The molecule has 10 heteroatoms. The van der Waals surface area contributed by atoms with Gasteiger partial charge >= 0.3 is 0 Å². The highest BCUT2D eigenvalue weighted by Crippen LogP contribution is 2.39. The van der Waals surface area contributed by atoms with E-state index in [9.17, 15) is 19.7 Å². The van der Waals surface area contributed by atoms with Gasteiger partial charge in [-0.05, 0) is 25.1 Å². The number of rotatable bonds is 4. The second-order valence-corrected chi connectivity index (χ2v) is 8.85. The first-order chi connectivity index (χ1) is 17.2. The van der Waals surface area contributed by atoms with Crippen LogP contribution in [0.3, 0.4) is 0 Å². The second-order valence-electron chi connectivity index (χ2n) is 8.85. The molecule has 0 fully saturated rings. The number of amides is 2. The fourth-order valence-electron chi connectivity index (χ4n) is 5.03. The number of benzene rings is 2. The summed E-state index contributed by atoms with van der Waals surface area (Å²) >= 11 is 0. The third kappa shape index (κ3) is 3.01. The van der Waals surface area contributed by atoms with Crippen molar-refractivity contribution in [2.75, 3.05) is 0 Å². The molecule has 1 aliphatic heterocycles. The van der Waals surface area contributed by atoms with Crippen molar-refractivity contribution >= 4 is 50.5 Å². The number of aromatic nitrogens is 4. The van der Waals surface area contributed by atoms with E-state index in [1.54, 1.807) is 30.1 Å². The molecule has 178 valence electrons. The molecule has 0 spiro atoms. The molecule has 36 heavy (non-hydrogen) atoms. The van der Waals surface area contributed by atoms with Crippen molar-refractivity contribution in [3.8, 4) is 5.69 Å². The van der Waals surface area contributed by atoms with Crippen LogP contribution in [-0.4, -0.2) is 35.4 Å². The van der Waals surface area contributed by atoms with Crippen LogP contribution in [0.15, 0.2) is 61.2 Å². The molecule has 6 rings (SSSR count). The van der Waals surface area contributed by atoms with Gasteiger partial charge in [0, 0.05) is 78.6 Å². The van der Waals surface area contributed by atoms with Gasteiger partial charge in [0.2, 0.25) is 0 Å². The second kappa shape index (κ2) is 7.51. The molecular weight excluding hydrogens is 460 g/mol. The average molecular weight is 480 g/mol. The summed E-state index contributed by atoms with van der Waals surface area (Å²) in [5, 5.41) is 15.2. The first-order valence-electron chi connectivity index (χ1n) is 11.2. The Morgan fingerprint density at radius 2 is 1.47 bits per heavy atom. The van der Waals surface area contributed by atoms with Crippen molar-refractivity contribution in [3.63, 3.8) is 0 Å². The predicted octanol–water partition coefficient (Wildman–Crippen LogP) is 3.64. The summed E-state index contributed by atoms with van der Waals surface area (Å²) < 4.78 is 5.62. The summed E-state index contributed by atoms with van der Waals surface area (Å²) in [6.07, 6.45) is 7.20. The number of imidazole rings is 1. The van der Waals surface area contributed by atoms with E-state index in [0.29, 0.717) is 22.0 Å². The van der Waals surface area contributed by atoms with Crippen LogP contribution in [0.2, 0.25) is 0 Å². The number of imide groups is 1. The van der Waals surface area contributed by atoms with Gasteiger partial charge in [-0.1, -0.05) is 6.07 Å². The number of carbonyl (C=O) groups is 2. The summed E-state index contributed by atoms with van der Waals surface area (Å²) in [6.45, 7) is 1.92. The van der Waals surface area contributed by atoms with Gasteiger partial charge in [-0.15, -0.1) is 0 Å². The van der Waals surface area contributed by atoms with Crippen molar-refractivity contribution in [3.05, 3.63) is 88.3 Å². The van der Waals surface area contributed by atoms with E-state index in [0.717, 1.165) is 22.4 Å². The third-order valence-corrected chi connectivity index (χ3v) is 6.73. The van der Waals surface area contributed by atoms with E-state index in [-0.39, 0.29) is 16.8 Å². The number of non-ortho nitro benzene ring substituents is 1. The van der Waals surface area contributed by atoms with Crippen LogP contribution in [-0.2, 0) is 23.7 Å². The maximum Gasteiger partial charge on any atom is 0.271 e. The molecule has 0 saturated heterocycles. The highest BCUT2D eigenvalue weighted by molar-refractivity contribution is 6.50. The largest absolute Gasteiger partial charge is 0.350 e. The zero-order chi connectivity index (χ0) is 25.3. The molecule has 0 bridgehead atoms. The molecule has 2 aromatic carbocycles. The lowest BCUT2D eigenvalue weighted by Gasteiger charge is -2.07. The zero-order valence-corrected chi connectivity index (χ0v) is 19.6. The first kappa shape index (κ1) is 21.5. The Labute approximate surface area is 204 Å².